The fourth-order valence-corrected chi connectivity index (χ4v) is 4.09. The second-order valence-electron chi connectivity index (χ2n) is 6.75. The molecule has 24 heavy (non-hydrogen) atoms. The van der Waals surface area contributed by atoms with E-state index in [1.165, 1.54) is 42.9 Å². The minimum atomic E-state index is 0.904. The Bertz CT molecular complexity index is 681. The molecule has 1 heterocycles. The van der Waals surface area contributed by atoms with E-state index in [0.29, 0.717) is 0 Å². The van der Waals surface area contributed by atoms with E-state index in [1.807, 2.05) is 0 Å². The molecular weight excluding hydrogens is 364 g/mol. The number of benzene rings is 2. The number of aryl methyl sites for hydroxylation is 1. The maximum Gasteiger partial charge on any atom is 0.133 e. The van der Waals surface area contributed by atoms with Crippen molar-refractivity contribution in [3.63, 3.8) is 0 Å². The minimum Gasteiger partial charge on any atom is -0.496 e. The second-order valence-corrected chi connectivity index (χ2v) is 7.60. The van der Waals surface area contributed by atoms with Gasteiger partial charge >= 0.3 is 0 Å². The molecule has 0 aliphatic carbocycles. The van der Waals surface area contributed by atoms with Crippen molar-refractivity contribution < 1.29 is 14.5 Å². The lowest BCUT2D eigenvalue weighted by Crippen LogP contribution is -3.27. The normalized spacial score (nSPS) is 20.8. The van der Waals surface area contributed by atoms with Crippen molar-refractivity contribution in [2.75, 3.05) is 33.3 Å². The van der Waals surface area contributed by atoms with Crippen LogP contribution in [-0.4, -0.2) is 33.3 Å². The van der Waals surface area contributed by atoms with Gasteiger partial charge in [-0.2, -0.15) is 0 Å². The lowest BCUT2D eigenvalue weighted by atomic mass is 10.1. The fourth-order valence-electron chi connectivity index (χ4n) is 3.50. The lowest BCUT2D eigenvalue weighted by molar-refractivity contribution is -1.02. The number of hydrogen-bond donors (Lipinski definition) is 2. The van der Waals surface area contributed by atoms with Gasteiger partial charge in [0.15, 0.2) is 0 Å². The summed E-state index contributed by atoms with van der Waals surface area (Å²) in [4.78, 5) is 3.39. The van der Waals surface area contributed by atoms with Gasteiger partial charge in [0.05, 0.1) is 11.6 Å². The third-order valence-corrected chi connectivity index (χ3v) is 5.66. The first kappa shape index (κ1) is 17.5. The van der Waals surface area contributed by atoms with Gasteiger partial charge in [-0.3, -0.25) is 0 Å². The van der Waals surface area contributed by atoms with Crippen LogP contribution in [0.1, 0.15) is 16.7 Å². The Morgan fingerprint density at radius 2 is 1.62 bits per heavy atom. The summed E-state index contributed by atoms with van der Waals surface area (Å²) in [7, 11) is 1.71. The number of quaternary nitrogens is 2. The van der Waals surface area contributed by atoms with Gasteiger partial charge in [-0.1, -0.05) is 24.3 Å². The third kappa shape index (κ3) is 4.38. The smallest absolute Gasteiger partial charge is 0.133 e. The number of hydrogen-bond acceptors (Lipinski definition) is 1. The van der Waals surface area contributed by atoms with E-state index in [1.54, 1.807) is 16.9 Å². The van der Waals surface area contributed by atoms with Crippen LogP contribution in [0.4, 0.5) is 0 Å². The Morgan fingerprint density at radius 1 is 0.958 bits per heavy atom. The quantitative estimate of drug-likeness (QED) is 0.785. The van der Waals surface area contributed by atoms with E-state index in [2.05, 4.69) is 65.3 Å². The van der Waals surface area contributed by atoms with Crippen molar-refractivity contribution >= 4 is 15.9 Å². The van der Waals surface area contributed by atoms with Gasteiger partial charge in [-0.15, -0.1) is 0 Å². The highest BCUT2D eigenvalue weighted by Crippen LogP contribution is 2.25. The number of rotatable bonds is 5. The standard InChI is InChI=1S/C20H25BrN2O/c1-16-5-3-4-6-18(16)15-23-11-9-22(10-12-23)14-17-7-8-20(24-2)19(21)13-17/h3-8,13H,9-12,14-15H2,1-2H3/p+2. The molecule has 1 fully saturated rings. The van der Waals surface area contributed by atoms with Crippen molar-refractivity contribution in [1.29, 1.82) is 0 Å². The molecule has 3 nitrogen and oxygen atoms in total. The summed E-state index contributed by atoms with van der Waals surface area (Å²) in [6, 6.07) is 15.2. The van der Waals surface area contributed by atoms with Crippen molar-refractivity contribution in [3.8, 4) is 5.75 Å². The zero-order chi connectivity index (χ0) is 16.9. The molecule has 0 atom stereocenters. The first-order chi connectivity index (χ1) is 11.7. The van der Waals surface area contributed by atoms with Crippen molar-refractivity contribution in [2.24, 2.45) is 0 Å². The number of piperazine rings is 1. The summed E-state index contributed by atoms with van der Waals surface area (Å²) >= 11 is 3.59. The number of halogens is 1. The van der Waals surface area contributed by atoms with E-state index in [0.717, 1.165) is 23.3 Å². The number of methoxy groups -OCH3 is 1. The molecule has 0 amide bonds. The molecule has 2 aromatic rings. The van der Waals surface area contributed by atoms with Gasteiger partial charge in [0, 0.05) is 11.1 Å². The van der Waals surface area contributed by atoms with Gasteiger partial charge in [-0.25, -0.2) is 0 Å². The molecule has 0 saturated carbocycles. The summed E-state index contributed by atoms with van der Waals surface area (Å²) < 4.78 is 6.36. The van der Waals surface area contributed by atoms with Gasteiger partial charge in [-0.05, 0) is 46.6 Å². The van der Waals surface area contributed by atoms with Gasteiger partial charge in [0.2, 0.25) is 0 Å². The van der Waals surface area contributed by atoms with E-state index < -0.39 is 0 Å². The Morgan fingerprint density at radius 3 is 2.25 bits per heavy atom. The monoisotopic (exact) mass is 390 g/mol. The molecule has 3 rings (SSSR count). The second kappa shape index (κ2) is 8.15. The molecule has 2 N–H and O–H groups in total. The summed E-state index contributed by atoms with van der Waals surface area (Å²) in [5.41, 5.74) is 4.29. The first-order valence-corrected chi connectivity index (χ1v) is 9.49. The molecule has 1 aliphatic heterocycles. The molecule has 2 aromatic carbocycles. The fraction of sp³-hybridized carbons (Fsp3) is 0.400. The van der Waals surface area contributed by atoms with E-state index >= 15 is 0 Å². The van der Waals surface area contributed by atoms with Crippen LogP contribution >= 0.6 is 15.9 Å². The van der Waals surface area contributed by atoms with Crippen LogP contribution in [0.15, 0.2) is 46.9 Å². The zero-order valence-electron chi connectivity index (χ0n) is 14.6. The molecule has 4 heteroatoms. The van der Waals surface area contributed by atoms with E-state index in [4.69, 9.17) is 4.74 Å². The first-order valence-electron chi connectivity index (χ1n) is 8.70. The zero-order valence-corrected chi connectivity index (χ0v) is 16.2. The largest absolute Gasteiger partial charge is 0.496 e. The molecule has 0 spiro atoms. The molecule has 1 aliphatic rings. The summed E-state index contributed by atoms with van der Waals surface area (Å²) in [6.07, 6.45) is 0. The Hall–Kier alpha value is -1.36. The van der Waals surface area contributed by atoms with Crippen LogP contribution in [0.2, 0.25) is 0 Å². The molecule has 0 aromatic heterocycles. The third-order valence-electron chi connectivity index (χ3n) is 5.04. The highest BCUT2D eigenvalue weighted by Gasteiger charge is 2.23. The molecule has 0 bridgehead atoms. The van der Waals surface area contributed by atoms with Gasteiger partial charge in [0.25, 0.3) is 0 Å². The molecule has 128 valence electrons. The maximum atomic E-state index is 5.31. The Labute approximate surface area is 153 Å². The summed E-state index contributed by atoms with van der Waals surface area (Å²) in [5.74, 6) is 0.904. The van der Waals surface area contributed by atoms with Crippen molar-refractivity contribution in [3.05, 3.63) is 63.6 Å². The predicted octanol–water partition coefficient (Wildman–Crippen LogP) is 1.25. The van der Waals surface area contributed by atoms with Gasteiger partial charge < -0.3 is 14.5 Å². The topological polar surface area (TPSA) is 18.1 Å². The van der Waals surface area contributed by atoms with Crippen LogP contribution in [-0.2, 0) is 13.1 Å². The minimum absolute atomic E-state index is 0.904. The average molecular weight is 391 g/mol. The Balaban J connectivity index is 1.52. The van der Waals surface area contributed by atoms with E-state index in [-0.39, 0.29) is 0 Å². The number of ether oxygens (including phenoxy) is 1. The molecule has 1 saturated heterocycles. The summed E-state index contributed by atoms with van der Waals surface area (Å²) in [5, 5.41) is 0. The van der Waals surface area contributed by atoms with Crippen molar-refractivity contribution in [2.45, 2.75) is 20.0 Å². The SMILES string of the molecule is COc1ccc(C[NH+]2CC[NH+](Cc3ccccc3C)CC2)cc1Br. The highest BCUT2D eigenvalue weighted by atomic mass is 79.9. The van der Waals surface area contributed by atoms with Crippen LogP contribution in [0.5, 0.6) is 5.75 Å². The molecule has 0 radical (unpaired) electrons. The number of nitrogens with one attached hydrogen (secondary N) is 2. The van der Waals surface area contributed by atoms with Gasteiger partial charge in [0.1, 0.15) is 45.0 Å². The maximum absolute atomic E-state index is 5.31. The highest BCUT2D eigenvalue weighted by molar-refractivity contribution is 9.10. The van der Waals surface area contributed by atoms with Crippen molar-refractivity contribution in [1.82, 2.24) is 0 Å². The van der Waals surface area contributed by atoms with Crippen LogP contribution in [0.25, 0.3) is 0 Å². The van der Waals surface area contributed by atoms with Crippen LogP contribution < -0.4 is 14.5 Å². The lowest BCUT2D eigenvalue weighted by Gasteiger charge is -2.30. The Kier molecular flexibility index (Phi) is 5.93. The summed E-state index contributed by atoms with van der Waals surface area (Å²) in [6.45, 7) is 9.46. The van der Waals surface area contributed by atoms with Crippen LogP contribution in [0.3, 0.4) is 0 Å². The molecular formula is C20H27BrN2O+2. The average Bonchev–Trinajstić information content (AvgIpc) is 2.59. The van der Waals surface area contributed by atoms with Crippen LogP contribution in [0, 0.1) is 6.92 Å². The van der Waals surface area contributed by atoms with E-state index in [9.17, 15) is 0 Å². The molecule has 0 unspecified atom stereocenters. The predicted molar refractivity (Wildman–Crippen MR) is 101 cm³/mol.